The largest absolute Gasteiger partial charge is 0.344 e. The van der Waals surface area contributed by atoms with Gasteiger partial charge in [-0.05, 0) is 22.9 Å². The Balaban J connectivity index is 2.77. The van der Waals surface area contributed by atoms with E-state index in [4.69, 9.17) is 0 Å². The molecule has 0 aliphatic rings. The van der Waals surface area contributed by atoms with Crippen molar-refractivity contribution in [2.45, 2.75) is 6.54 Å². The third-order valence-corrected chi connectivity index (χ3v) is 1.63. The van der Waals surface area contributed by atoms with Gasteiger partial charge in [0.15, 0.2) is 0 Å². The minimum atomic E-state index is 0.386. The van der Waals surface area contributed by atoms with Crippen LogP contribution in [0.2, 0.25) is 0 Å². The highest BCUT2D eigenvalue weighted by molar-refractivity contribution is 5.47. The molecule has 13 heavy (non-hydrogen) atoms. The summed E-state index contributed by atoms with van der Waals surface area (Å²) in [6.45, 7) is 0.493. The quantitative estimate of drug-likeness (QED) is 0.520. The van der Waals surface area contributed by atoms with Gasteiger partial charge in [-0.3, -0.25) is 4.79 Å². The zero-order valence-corrected chi connectivity index (χ0v) is 7.30. The van der Waals surface area contributed by atoms with E-state index >= 15 is 0 Å². The molecule has 1 rings (SSSR count). The van der Waals surface area contributed by atoms with Gasteiger partial charge in [-0.2, -0.15) is 0 Å². The summed E-state index contributed by atoms with van der Waals surface area (Å²) in [5, 5.41) is 2.81. The number of hydrogen-bond donors (Lipinski definition) is 0. The minimum Gasteiger partial charge on any atom is -0.344 e. The molecule has 1 aromatic rings. The first-order valence-corrected chi connectivity index (χ1v) is 3.84. The van der Waals surface area contributed by atoms with Gasteiger partial charge < -0.3 is 4.90 Å². The van der Waals surface area contributed by atoms with Crippen LogP contribution in [0.4, 0.5) is 5.69 Å². The van der Waals surface area contributed by atoms with Crippen molar-refractivity contribution < 1.29 is 4.79 Å². The number of amides is 1. The Morgan fingerprint density at radius 3 is 2.92 bits per heavy atom. The third-order valence-electron chi connectivity index (χ3n) is 1.63. The minimum absolute atomic E-state index is 0.386. The maximum absolute atomic E-state index is 10.3. The Hall–Kier alpha value is -1.71. The van der Waals surface area contributed by atoms with Crippen LogP contribution in [-0.4, -0.2) is 18.4 Å². The maximum atomic E-state index is 10.3. The number of carbonyl (C=O) groups is 1. The molecule has 0 atom stereocenters. The normalized spacial score (nSPS) is 9.31. The van der Waals surface area contributed by atoms with E-state index in [1.165, 1.54) is 4.90 Å². The molecule has 0 heterocycles. The zero-order valence-electron chi connectivity index (χ0n) is 7.30. The molecule has 4 heteroatoms. The van der Waals surface area contributed by atoms with Crippen molar-refractivity contribution in [3.05, 3.63) is 34.7 Å². The van der Waals surface area contributed by atoms with Crippen LogP contribution in [0.1, 0.15) is 5.56 Å². The Bertz CT molecular complexity index is 312. The molecule has 1 amide bonds. The summed E-state index contributed by atoms with van der Waals surface area (Å²) in [5.74, 6) is 0. The van der Waals surface area contributed by atoms with Crippen molar-refractivity contribution in [3.8, 4) is 0 Å². The van der Waals surface area contributed by atoms with E-state index in [9.17, 15) is 9.70 Å². The lowest BCUT2D eigenvalue weighted by molar-refractivity contribution is -0.117. The van der Waals surface area contributed by atoms with Gasteiger partial charge in [0.05, 0.1) is 0 Å². The van der Waals surface area contributed by atoms with Crippen LogP contribution in [0.3, 0.4) is 0 Å². The van der Waals surface area contributed by atoms with Gasteiger partial charge >= 0.3 is 0 Å². The number of carbonyl (C=O) groups excluding carboxylic acids is 1. The molecule has 0 saturated heterocycles. The van der Waals surface area contributed by atoms with Crippen LogP contribution < -0.4 is 0 Å². The second-order valence-electron chi connectivity index (χ2n) is 2.78. The second kappa shape index (κ2) is 4.35. The molecule has 0 aliphatic heterocycles. The fraction of sp³-hybridized carbons (Fsp3) is 0.222. The van der Waals surface area contributed by atoms with Gasteiger partial charge in [0, 0.05) is 13.6 Å². The maximum Gasteiger partial charge on any atom is 0.209 e. The Labute approximate surface area is 76.1 Å². The SMILES string of the molecule is CN(C=O)Cc1cccc(N=O)c1. The molecule has 0 aromatic heterocycles. The van der Waals surface area contributed by atoms with Crippen molar-refractivity contribution in [1.82, 2.24) is 4.90 Å². The molecule has 0 saturated carbocycles. The fourth-order valence-electron chi connectivity index (χ4n) is 1.04. The zero-order chi connectivity index (χ0) is 9.68. The number of nitrogens with zero attached hydrogens (tertiary/aromatic N) is 2. The van der Waals surface area contributed by atoms with Crippen LogP contribution in [-0.2, 0) is 11.3 Å². The average Bonchev–Trinajstić information content (AvgIpc) is 2.18. The molecule has 0 aliphatic carbocycles. The van der Waals surface area contributed by atoms with E-state index in [1.54, 1.807) is 25.2 Å². The smallest absolute Gasteiger partial charge is 0.209 e. The highest BCUT2D eigenvalue weighted by atomic mass is 16.3. The molecule has 0 spiro atoms. The first-order valence-electron chi connectivity index (χ1n) is 3.84. The molecule has 0 N–H and O–H groups in total. The number of nitroso groups, excluding NO2 is 1. The highest BCUT2D eigenvalue weighted by Crippen LogP contribution is 2.13. The van der Waals surface area contributed by atoms with E-state index in [2.05, 4.69) is 5.18 Å². The number of rotatable bonds is 4. The summed E-state index contributed by atoms with van der Waals surface area (Å²) < 4.78 is 0. The molecule has 0 fully saturated rings. The van der Waals surface area contributed by atoms with Gasteiger partial charge in [0.2, 0.25) is 6.41 Å². The van der Waals surface area contributed by atoms with E-state index in [-0.39, 0.29) is 0 Å². The molecular weight excluding hydrogens is 168 g/mol. The van der Waals surface area contributed by atoms with Crippen molar-refractivity contribution in [3.63, 3.8) is 0 Å². The predicted octanol–water partition coefficient (Wildman–Crippen LogP) is 1.67. The summed E-state index contributed by atoms with van der Waals surface area (Å²) in [6.07, 6.45) is 0.737. The molecule has 0 bridgehead atoms. The van der Waals surface area contributed by atoms with E-state index in [0.29, 0.717) is 12.2 Å². The van der Waals surface area contributed by atoms with Gasteiger partial charge in [0.25, 0.3) is 0 Å². The Kier molecular flexibility index (Phi) is 3.14. The summed E-state index contributed by atoms with van der Waals surface area (Å²) in [6, 6.07) is 6.86. The lowest BCUT2D eigenvalue weighted by atomic mass is 10.2. The van der Waals surface area contributed by atoms with Gasteiger partial charge in [-0.25, -0.2) is 0 Å². The fourth-order valence-corrected chi connectivity index (χ4v) is 1.04. The summed E-state index contributed by atoms with van der Waals surface area (Å²) >= 11 is 0. The van der Waals surface area contributed by atoms with Crippen LogP contribution >= 0.6 is 0 Å². The summed E-state index contributed by atoms with van der Waals surface area (Å²) in [5.41, 5.74) is 1.28. The lowest BCUT2D eigenvalue weighted by Crippen LogP contribution is -2.14. The first kappa shape index (κ1) is 9.38. The van der Waals surface area contributed by atoms with Gasteiger partial charge in [0.1, 0.15) is 5.69 Å². The van der Waals surface area contributed by atoms with Gasteiger partial charge in [-0.15, -0.1) is 4.91 Å². The van der Waals surface area contributed by atoms with Crippen LogP contribution in [0, 0.1) is 4.91 Å². The van der Waals surface area contributed by atoms with Crippen LogP contribution in [0.25, 0.3) is 0 Å². The van der Waals surface area contributed by atoms with Crippen LogP contribution in [0.5, 0.6) is 0 Å². The summed E-state index contributed by atoms with van der Waals surface area (Å²) in [7, 11) is 1.67. The van der Waals surface area contributed by atoms with Crippen molar-refractivity contribution in [2.24, 2.45) is 5.18 Å². The number of hydrogen-bond acceptors (Lipinski definition) is 3. The highest BCUT2D eigenvalue weighted by Gasteiger charge is 1.98. The van der Waals surface area contributed by atoms with E-state index in [0.717, 1.165) is 12.0 Å². The second-order valence-corrected chi connectivity index (χ2v) is 2.78. The van der Waals surface area contributed by atoms with Crippen LogP contribution in [0.15, 0.2) is 29.4 Å². The van der Waals surface area contributed by atoms with Crippen molar-refractivity contribution in [1.29, 1.82) is 0 Å². The Morgan fingerprint density at radius 1 is 1.54 bits per heavy atom. The average molecular weight is 178 g/mol. The van der Waals surface area contributed by atoms with Gasteiger partial charge in [-0.1, -0.05) is 12.1 Å². The third kappa shape index (κ3) is 2.66. The molecule has 68 valence electrons. The van der Waals surface area contributed by atoms with Crippen molar-refractivity contribution >= 4 is 12.1 Å². The molecule has 0 radical (unpaired) electrons. The molecule has 1 aromatic carbocycles. The first-order chi connectivity index (χ1) is 6.26. The van der Waals surface area contributed by atoms with E-state index < -0.39 is 0 Å². The molecule has 0 unspecified atom stereocenters. The predicted molar refractivity (Wildman–Crippen MR) is 49.4 cm³/mol. The monoisotopic (exact) mass is 178 g/mol. The lowest BCUT2D eigenvalue weighted by Gasteiger charge is -2.09. The molecule has 4 nitrogen and oxygen atoms in total. The molecular formula is C9H10N2O2. The van der Waals surface area contributed by atoms with Crippen molar-refractivity contribution in [2.75, 3.05) is 7.05 Å². The summed E-state index contributed by atoms with van der Waals surface area (Å²) in [4.78, 5) is 22.0. The standard InChI is InChI=1S/C9H10N2O2/c1-11(7-12)6-8-3-2-4-9(5-8)10-13/h2-5,7H,6H2,1H3. The number of benzene rings is 1. The van der Waals surface area contributed by atoms with E-state index in [1.807, 2.05) is 6.07 Å². The topological polar surface area (TPSA) is 49.7 Å². The Morgan fingerprint density at radius 2 is 2.31 bits per heavy atom.